The summed E-state index contributed by atoms with van der Waals surface area (Å²) in [7, 11) is 0. The number of rotatable bonds is 7. The van der Waals surface area contributed by atoms with E-state index in [0.717, 1.165) is 18.4 Å². The molecular formula is C14H15N5O3. The highest BCUT2D eigenvalue weighted by Crippen LogP contribution is 2.29. The number of nitro groups is 1. The molecule has 22 heavy (non-hydrogen) atoms. The molecule has 8 heteroatoms. The molecule has 0 atom stereocenters. The number of nitrogens with zero attached hydrogens (tertiary/aromatic N) is 3. The maximum absolute atomic E-state index is 11.0. The van der Waals surface area contributed by atoms with Gasteiger partial charge in [-0.15, -0.1) is 0 Å². The topological polar surface area (TPSA) is 102 Å². The van der Waals surface area contributed by atoms with E-state index >= 15 is 0 Å². The second-order valence-corrected chi connectivity index (χ2v) is 4.98. The zero-order valence-corrected chi connectivity index (χ0v) is 11.7. The van der Waals surface area contributed by atoms with Gasteiger partial charge in [0, 0.05) is 6.04 Å². The molecule has 2 aromatic rings. The highest BCUT2D eigenvalue weighted by atomic mass is 16.6. The van der Waals surface area contributed by atoms with E-state index in [-0.39, 0.29) is 23.5 Å². The van der Waals surface area contributed by atoms with Crippen molar-refractivity contribution in [3.8, 4) is 0 Å². The number of nitrogens with one attached hydrogen (secondary N) is 2. The largest absolute Gasteiger partial charge is 0.361 e. The van der Waals surface area contributed by atoms with Gasteiger partial charge in [-0.05, 0) is 18.4 Å². The Kier molecular flexibility index (Phi) is 4.10. The van der Waals surface area contributed by atoms with Gasteiger partial charge >= 0.3 is 5.69 Å². The van der Waals surface area contributed by atoms with Gasteiger partial charge in [0.1, 0.15) is 6.20 Å². The maximum atomic E-state index is 11.0. The molecule has 1 aliphatic carbocycles. The zero-order chi connectivity index (χ0) is 15.4. The molecule has 0 spiro atoms. The summed E-state index contributed by atoms with van der Waals surface area (Å²) in [5.74, 6) is 0.401. The van der Waals surface area contributed by atoms with Crippen LogP contribution in [-0.2, 0) is 11.4 Å². The Balaban J connectivity index is 1.64. The standard InChI is InChI=1S/C14H15N5O3/c20-19(21)12-8-15-14(17-13(12)16-11-6-7-11)18-22-9-10-4-2-1-3-5-10/h1-5,8,11H,6-7,9H2,(H2,15,16,17,18). The molecule has 2 N–H and O–H groups in total. The summed E-state index contributed by atoms with van der Waals surface area (Å²) in [4.78, 5) is 23.8. The van der Waals surface area contributed by atoms with E-state index in [1.165, 1.54) is 6.20 Å². The molecule has 1 saturated carbocycles. The third-order valence-electron chi connectivity index (χ3n) is 3.13. The van der Waals surface area contributed by atoms with Crippen molar-refractivity contribution in [1.29, 1.82) is 0 Å². The van der Waals surface area contributed by atoms with Crippen molar-refractivity contribution in [1.82, 2.24) is 9.97 Å². The van der Waals surface area contributed by atoms with Crippen LogP contribution in [0.1, 0.15) is 18.4 Å². The maximum Gasteiger partial charge on any atom is 0.329 e. The first kappa shape index (κ1) is 14.2. The summed E-state index contributed by atoms with van der Waals surface area (Å²) < 4.78 is 0. The summed E-state index contributed by atoms with van der Waals surface area (Å²) in [6.07, 6.45) is 3.16. The van der Waals surface area contributed by atoms with Crippen molar-refractivity contribution >= 4 is 17.5 Å². The van der Waals surface area contributed by atoms with Gasteiger partial charge in [-0.1, -0.05) is 30.3 Å². The monoisotopic (exact) mass is 301 g/mol. The van der Waals surface area contributed by atoms with Crippen LogP contribution in [0.25, 0.3) is 0 Å². The van der Waals surface area contributed by atoms with Gasteiger partial charge in [-0.25, -0.2) is 10.5 Å². The number of aromatic nitrogens is 2. The molecule has 1 aliphatic rings. The van der Waals surface area contributed by atoms with Crippen molar-refractivity contribution in [2.75, 3.05) is 10.8 Å². The quantitative estimate of drug-likeness (QED) is 0.598. The highest BCUT2D eigenvalue weighted by Gasteiger charge is 2.26. The van der Waals surface area contributed by atoms with Crippen LogP contribution in [0.3, 0.4) is 0 Å². The van der Waals surface area contributed by atoms with Crippen molar-refractivity contribution in [3.05, 3.63) is 52.2 Å². The Morgan fingerprint density at radius 3 is 2.77 bits per heavy atom. The Bertz CT molecular complexity index is 661. The van der Waals surface area contributed by atoms with Crippen LogP contribution in [0, 0.1) is 10.1 Å². The van der Waals surface area contributed by atoms with Gasteiger partial charge in [-0.3, -0.25) is 15.0 Å². The summed E-state index contributed by atoms with van der Waals surface area (Å²) in [6.45, 7) is 0.340. The molecular weight excluding hydrogens is 286 g/mol. The molecule has 0 saturated heterocycles. The van der Waals surface area contributed by atoms with Gasteiger partial charge in [0.05, 0.1) is 11.5 Å². The van der Waals surface area contributed by atoms with Crippen LogP contribution < -0.4 is 10.8 Å². The first-order valence-corrected chi connectivity index (χ1v) is 6.92. The molecule has 3 rings (SSSR count). The summed E-state index contributed by atoms with van der Waals surface area (Å²) >= 11 is 0. The molecule has 0 aliphatic heterocycles. The van der Waals surface area contributed by atoms with Crippen LogP contribution in [0.15, 0.2) is 36.5 Å². The molecule has 1 fully saturated rings. The normalized spacial score (nSPS) is 13.6. The molecule has 114 valence electrons. The number of hydrogen-bond acceptors (Lipinski definition) is 7. The second-order valence-electron chi connectivity index (χ2n) is 4.98. The van der Waals surface area contributed by atoms with Gasteiger partial charge in [0.15, 0.2) is 0 Å². The lowest BCUT2D eigenvalue weighted by atomic mass is 10.2. The lowest BCUT2D eigenvalue weighted by Crippen LogP contribution is -2.10. The van der Waals surface area contributed by atoms with E-state index < -0.39 is 4.92 Å². The molecule has 1 aromatic carbocycles. The third-order valence-corrected chi connectivity index (χ3v) is 3.13. The van der Waals surface area contributed by atoms with E-state index in [1.54, 1.807) is 0 Å². The van der Waals surface area contributed by atoms with Crippen molar-refractivity contribution < 1.29 is 9.76 Å². The average molecular weight is 301 g/mol. The highest BCUT2D eigenvalue weighted by molar-refractivity contribution is 5.57. The van der Waals surface area contributed by atoms with Gasteiger partial charge in [0.2, 0.25) is 11.8 Å². The summed E-state index contributed by atoms with van der Waals surface area (Å²) in [5, 5.41) is 14.0. The Labute approximate surface area is 126 Å². The van der Waals surface area contributed by atoms with E-state index in [2.05, 4.69) is 20.8 Å². The summed E-state index contributed by atoms with van der Waals surface area (Å²) in [5.41, 5.74) is 3.46. The van der Waals surface area contributed by atoms with Gasteiger partial charge in [0.25, 0.3) is 0 Å². The first-order chi connectivity index (χ1) is 10.7. The van der Waals surface area contributed by atoms with Crippen LogP contribution in [0.5, 0.6) is 0 Å². The van der Waals surface area contributed by atoms with Crippen molar-refractivity contribution in [2.45, 2.75) is 25.5 Å². The van der Waals surface area contributed by atoms with Crippen LogP contribution >= 0.6 is 0 Å². The summed E-state index contributed by atoms with van der Waals surface area (Å²) in [6, 6.07) is 9.87. The molecule has 1 heterocycles. The van der Waals surface area contributed by atoms with Gasteiger partial charge in [-0.2, -0.15) is 4.98 Å². The predicted octanol–water partition coefficient (Wildman–Crippen LogP) is 2.50. The lowest BCUT2D eigenvalue weighted by Gasteiger charge is -2.08. The average Bonchev–Trinajstić information content (AvgIpc) is 3.32. The minimum Gasteiger partial charge on any atom is -0.361 e. The first-order valence-electron chi connectivity index (χ1n) is 6.92. The number of hydrogen-bond donors (Lipinski definition) is 2. The molecule has 1 aromatic heterocycles. The van der Waals surface area contributed by atoms with Gasteiger partial charge < -0.3 is 5.32 Å². The fraction of sp³-hybridized carbons (Fsp3) is 0.286. The Hall–Kier alpha value is -2.74. The fourth-order valence-electron chi connectivity index (χ4n) is 1.84. The molecule has 8 nitrogen and oxygen atoms in total. The van der Waals surface area contributed by atoms with Crippen molar-refractivity contribution in [3.63, 3.8) is 0 Å². The number of anilines is 2. The Morgan fingerprint density at radius 2 is 2.09 bits per heavy atom. The number of benzene rings is 1. The molecule has 0 bridgehead atoms. The Morgan fingerprint density at radius 1 is 1.32 bits per heavy atom. The van der Waals surface area contributed by atoms with Crippen LogP contribution in [-0.4, -0.2) is 20.9 Å². The van der Waals surface area contributed by atoms with Crippen LogP contribution in [0.2, 0.25) is 0 Å². The molecule has 0 radical (unpaired) electrons. The minimum absolute atomic E-state index is 0.138. The van der Waals surface area contributed by atoms with E-state index in [4.69, 9.17) is 4.84 Å². The smallest absolute Gasteiger partial charge is 0.329 e. The van der Waals surface area contributed by atoms with E-state index in [9.17, 15) is 10.1 Å². The molecule has 0 unspecified atom stereocenters. The zero-order valence-electron chi connectivity index (χ0n) is 11.7. The lowest BCUT2D eigenvalue weighted by molar-refractivity contribution is -0.384. The minimum atomic E-state index is -0.501. The predicted molar refractivity (Wildman–Crippen MR) is 80.2 cm³/mol. The SMILES string of the molecule is O=[N+]([O-])c1cnc(NOCc2ccccc2)nc1NC1CC1. The van der Waals surface area contributed by atoms with Crippen molar-refractivity contribution in [2.24, 2.45) is 0 Å². The van der Waals surface area contributed by atoms with E-state index in [1.807, 2.05) is 30.3 Å². The van der Waals surface area contributed by atoms with Crippen LogP contribution in [0.4, 0.5) is 17.5 Å². The molecule has 0 amide bonds. The third kappa shape index (κ3) is 3.67. The fourth-order valence-corrected chi connectivity index (χ4v) is 1.84. The van der Waals surface area contributed by atoms with E-state index in [0.29, 0.717) is 6.61 Å². The second kappa shape index (κ2) is 6.35.